The SMILES string of the molecule is NCCOCCNC(=O)Nc1cc[c]cc1. The summed E-state index contributed by atoms with van der Waals surface area (Å²) < 4.78 is 5.11. The number of ether oxygens (including phenoxy) is 1. The highest BCUT2D eigenvalue weighted by atomic mass is 16.5. The van der Waals surface area contributed by atoms with Crippen molar-refractivity contribution in [1.29, 1.82) is 0 Å². The minimum Gasteiger partial charge on any atom is -0.378 e. The van der Waals surface area contributed by atoms with Crippen LogP contribution in [0.4, 0.5) is 10.5 Å². The smallest absolute Gasteiger partial charge is 0.319 e. The van der Waals surface area contributed by atoms with Gasteiger partial charge in [-0.25, -0.2) is 4.79 Å². The van der Waals surface area contributed by atoms with Crippen LogP contribution in [0.15, 0.2) is 24.3 Å². The Bertz CT molecular complexity index is 303. The Labute approximate surface area is 95.0 Å². The third kappa shape index (κ3) is 5.33. The van der Waals surface area contributed by atoms with Gasteiger partial charge in [-0.15, -0.1) is 0 Å². The molecule has 5 heteroatoms. The minimum absolute atomic E-state index is 0.248. The number of nitrogens with one attached hydrogen (secondary N) is 2. The molecule has 1 aromatic rings. The number of carbonyl (C=O) groups excluding carboxylic acids is 1. The van der Waals surface area contributed by atoms with E-state index in [-0.39, 0.29) is 6.03 Å². The largest absolute Gasteiger partial charge is 0.378 e. The molecule has 2 amide bonds. The molecule has 1 radical (unpaired) electrons. The highest BCUT2D eigenvalue weighted by molar-refractivity contribution is 5.89. The summed E-state index contributed by atoms with van der Waals surface area (Å²) in [5.41, 5.74) is 5.98. The number of amides is 2. The molecular formula is C11H16N3O2. The van der Waals surface area contributed by atoms with E-state index in [4.69, 9.17) is 10.5 Å². The van der Waals surface area contributed by atoms with Gasteiger partial charge < -0.3 is 21.1 Å². The maximum atomic E-state index is 11.3. The molecule has 0 aliphatic rings. The average molecular weight is 222 g/mol. The van der Waals surface area contributed by atoms with Crippen molar-refractivity contribution in [2.24, 2.45) is 5.73 Å². The number of hydrogen-bond donors (Lipinski definition) is 3. The summed E-state index contributed by atoms with van der Waals surface area (Å²) in [6.07, 6.45) is 0. The van der Waals surface area contributed by atoms with Gasteiger partial charge in [0.1, 0.15) is 0 Å². The van der Waals surface area contributed by atoms with Gasteiger partial charge in [-0.2, -0.15) is 0 Å². The number of anilines is 1. The molecule has 5 nitrogen and oxygen atoms in total. The van der Waals surface area contributed by atoms with Crippen molar-refractivity contribution in [3.8, 4) is 0 Å². The first-order valence-corrected chi connectivity index (χ1v) is 5.11. The molecule has 1 aromatic carbocycles. The molecule has 0 atom stereocenters. The van der Waals surface area contributed by atoms with E-state index in [0.29, 0.717) is 26.3 Å². The fourth-order valence-corrected chi connectivity index (χ4v) is 1.07. The first-order chi connectivity index (χ1) is 7.83. The Balaban J connectivity index is 2.12. The van der Waals surface area contributed by atoms with E-state index in [2.05, 4.69) is 16.7 Å². The maximum absolute atomic E-state index is 11.3. The molecule has 0 aliphatic heterocycles. The second-order valence-electron chi connectivity index (χ2n) is 3.07. The third-order valence-corrected chi connectivity index (χ3v) is 1.77. The lowest BCUT2D eigenvalue weighted by molar-refractivity contribution is 0.144. The molecule has 0 aromatic heterocycles. The molecule has 0 saturated carbocycles. The summed E-state index contributed by atoms with van der Waals surface area (Å²) in [5.74, 6) is 0. The first kappa shape index (κ1) is 12.5. The third-order valence-electron chi connectivity index (χ3n) is 1.77. The number of benzene rings is 1. The van der Waals surface area contributed by atoms with E-state index in [1.807, 2.05) is 0 Å². The van der Waals surface area contributed by atoms with Crippen molar-refractivity contribution >= 4 is 11.7 Å². The van der Waals surface area contributed by atoms with Crippen molar-refractivity contribution in [1.82, 2.24) is 5.32 Å². The van der Waals surface area contributed by atoms with Crippen LogP contribution in [-0.2, 0) is 4.74 Å². The molecule has 0 unspecified atom stereocenters. The van der Waals surface area contributed by atoms with Gasteiger partial charge in [-0.05, 0) is 18.2 Å². The molecule has 16 heavy (non-hydrogen) atoms. The van der Waals surface area contributed by atoms with Gasteiger partial charge in [0.15, 0.2) is 0 Å². The van der Waals surface area contributed by atoms with Gasteiger partial charge in [0.25, 0.3) is 0 Å². The molecule has 4 N–H and O–H groups in total. The van der Waals surface area contributed by atoms with E-state index in [0.717, 1.165) is 5.69 Å². The van der Waals surface area contributed by atoms with E-state index in [9.17, 15) is 4.79 Å². The second-order valence-corrected chi connectivity index (χ2v) is 3.07. The molecule has 0 fully saturated rings. The molecule has 0 spiro atoms. The lowest BCUT2D eigenvalue weighted by atomic mass is 10.3. The predicted molar refractivity (Wildman–Crippen MR) is 62.2 cm³/mol. The highest BCUT2D eigenvalue weighted by Gasteiger charge is 1.99. The fourth-order valence-electron chi connectivity index (χ4n) is 1.07. The molecule has 0 aliphatic carbocycles. The Morgan fingerprint density at radius 2 is 2.12 bits per heavy atom. The lowest BCUT2D eigenvalue weighted by Crippen LogP contribution is -2.31. The number of carbonyl (C=O) groups is 1. The summed E-state index contributed by atoms with van der Waals surface area (Å²) in [6, 6.07) is 9.63. The van der Waals surface area contributed by atoms with Crippen LogP contribution in [0, 0.1) is 6.07 Å². The van der Waals surface area contributed by atoms with E-state index in [1.165, 1.54) is 0 Å². The van der Waals surface area contributed by atoms with Crippen LogP contribution >= 0.6 is 0 Å². The zero-order chi connectivity index (χ0) is 11.6. The number of rotatable bonds is 6. The van der Waals surface area contributed by atoms with Crippen LogP contribution in [0.2, 0.25) is 0 Å². The Kier molecular flexibility index (Phi) is 5.98. The number of nitrogens with two attached hydrogens (primary N) is 1. The van der Waals surface area contributed by atoms with Gasteiger partial charge in [0, 0.05) is 18.8 Å². The maximum Gasteiger partial charge on any atom is 0.319 e. The standard InChI is InChI=1S/C11H16N3O2/c12-6-8-16-9-7-13-11(15)14-10-4-2-1-3-5-10/h2-5H,6-9,12H2,(H2,13,14,15). The summed E-state index contributed by atoms with van der Waals surface area (Å²) in [4.78, 5) is 11.3. The van der Waals surface area contributed by atoms with Gasteiger partial charge in [0.2, 0.25) is 0 Å². The highest BCUT2D eigenvalue weighted by Crippen LogP contribution is 2.03. The second kappa shape index (κ2) is 7.67. The Morgan fingerprint density at radius 3 is 2.81 bits per heavy atom. The Hall–Kier alpha value is -1.59. The van der Waals surface area contributed by atoms with Crippen molar-refractivity contribution in [2.45, 2.75) is 0 Å². The molecule has 0 heterocycles. The topological polar surface area (TPSA) is 76.4 Å². The van der Waals surface area contributed by atoms with Crippen LogP contribution in [0.1, 0.15) is 0 Å². The van der Waals surface area contributed by atoms with Crippen LogP contribution < -0.4 is 16.4 Å². The molecule has 87 valence electrons. The van der Waals surface area contributed by atoms with E-state index >= 15 is 0 Å². The summed E-state index contributed by atoms with van der Waals surface area (Å²) >= 11 is 0. The summed E-state index contributed by atoms with van der Waals surface area (Å²) in [5, 5.41) is 5.35. The van der Waals surface area contributed by atoms with Gasteiger partial charge in [0.05, 0.1) is 13.2 Å². The Morgan fingerprint density at radius 1 is 1.38 bits per heavy atom. The molecular weight excluding hydrogens is 206 g/mol. The van der Waals surface area contributed by atoms with E-state index in [1.54, 1.807) is 24.3 Å². The average Bonchev–Trinajstić information content (AvgIpc) is 2.30. The monoisotopic (exact) mass is 222 g/mol. The van der Waals surface area contributed by atoms with Crippen LogP contribution in [-0.4, -0.2) is 32.3 Å². The summed E-state index contributed by atoms with van der Waals surface area (Å²) in [6.45, 7) is 1.93. The van der Waals surface area contributed by atoms with Crippen molar-refractivity contribution in [3.05, 3.63) is 30.3 Å². The number of hydrogen-bond acceptors (Lipinski definition) is 3. The number of urea groups is 1. The van der Waals surface area contributed by atoms with Crippen molar-refractivity contribution < 1.29 is 9.53 Å². The predicted octanol–water partition coefficient (Wildman–Crippen LogP) is 0.584. The van der Waals surface area contributed by atoms with Gasteiger partial charge in [-0.1, -0.05) is 12.1 Å². The normalized spacial score (nSPS) is 9.81. The quantitative estimate of drug-likeness (QED) is 0.616. The van der Waals surface area contributed by atoms with E-state index < -0.39 is 0 Å². The lowest BCUT2D eigenvalue weighted by Gasteiger charge is -2.07. The van der Waals surface area contributed by atoms with Crippen LogP contribution in [0.3, 0.4) is 0 Å². The van der Waals surface area contributed by atoms with Crippen LogP contribution in [0.25, 0.3) is 0 Å². The summed E-state index contributed by atoms with van der Waals surface area (Å²) in [7, 11) is 0. The van der Waals surface area contributed by atoms with Crippen molar-refractivity contribution in [2.75, 3.05) is 31.6 Å². The van der Waals surface area contributed by atoms with Gasteiger partial charge >= 0.3 is 6.03 Å². The zero-order valence-corrected chi connectivity index (χ0v) is 9.03. The van der Waals surface area contributed by atoms with Crippen molar-refractivity contribution in [3.63, 3.8) is 0 Å². The molecule has 1 rings (SSSR count). The molecule has 0 bridgehead atoms. The van der Waals surface area contributed by atoms with Gasteiger partial charge in [-0.3, -0.25) is 0 Å². The first-order valence-electron chi connectivity index (χ1n) is 5.11. The molecule has 0 saturated heterocycles. The minimum atomic E-state index is -0.248. The van der Waals surface area contributed by atoms with Crippen LogP contribution in [0.5, 0.6) is 0 Å². The zero-order valence-electron chi connectivity index (χ0n) is 9.03. The fraction of sp³-hybridized carbons (Fsp3) is 0.364.